The lowest BCUT2D eigenvalue weighted by molar-refractivity contribution is -0.120. The second kappa shape index (κ2) is 5.74. The number of pyridine rings is 1. The van der Waals surface area contributed by atoms with Crippen molar-refractivity contribution in [2.75, 3.05) is 12.4 Å². The number of methoxy groups -OCH3 is 1. The monoisotopic (exact) mass is 270 g/mol. The Hall–Kier alpha value is -2.36. The third-order valence-electron chi connectivity index (χ3n) is 3.27. The number of amides is 1. The number of anilines is 1. The lowest BCUT2D eigenvalue weighted by Crippen LogP contribution is -2.35. The Morgan fingerprint density at radius 2 is 1.95 bits per heavy atom. The minimum absolute atomic E-state index is 0.102. The van der Waals surface area contributed by atoms with Gasteiger partial charge in [-0.25, -0.2) is 0 Å². The van der Waals surface area contributed by atoms with Crippen molar-refractivity contribution in [3.63, 3.8) is 0 Å². The fourth-order valence-electron chi connectivity index (χ4n) is 2.01. The van der Waals surface area contributed by atoms with Crippen molar-refractivity contribution in [3.8, 4) is 5.75 Å². The van der Waals surface area contributed by atoms with E-state index in [4.69, 9.17) is 4.74 Å². The molecule has 1 aromatic carbocycles. The average molecular weight is 270 g/mol. The van der Waals surface area contributed by atoms with Crippen LogP contribution in [0.15, 0.2) is 48.8 Å². The van der Waals surface area contributed by atoms with Crippen LogP contribution in [0.4, 0.5) is 5.69 Å². The minimum Gasteiger partial charge on any atom is -0.496 e. The highest BCUT2D eigenvalue weighted by Crippen LogP contribution is 2.32. The number of nitrogens with one attached hydrogen (secondary N) is 1. The molecule has 0 saturated carbocycles. The van der Waals surface area contributed by atoms with Crippen molar-refractivity contribution in [1.82, 2.24) is 4.98 Å². The van der Waals surface area contributed by atoms with Crippen molar-refractivity contribution in [3.05, 3.63) is 54.4 Å². The van der Waals surface area contributed by atoms with Crippen LogP contribution in [0.1, 0.15) is 19.4 Å². The van der Waals surface area contributed by atoms with Gasteiger partial charge in [-0.05, 0) is 32.0 Å². The largest absolute Gasteiger partial charge is 0.496 e. The van der Waals surface area contributed by atoms with Crippen LogP contribution < -0.4 is 10.1 Å². The molecule has 0 aliphatic rings. The van der Waals surface area contributed by atoms with Gasteiger partial charge in [0.1, 0.15) is 5.75 Å². The molecular formula is C16H18N2O2. The Bertz CT molecular complexity index is 594. The lowest BCUT2D eigenvalue weighted by Gasteiger charge is -2.25. The molecule has 0 fully saturated rings. The molecule has 0 bridgehead atoms. The molecule has 0 spiro atoms. The van der Waals surface area contributed by atoms with E-state index >= 15 is 0 Å². The molecule has 2 rings (SSSR count). The first-order valence-corrected chi connectivity index (χ1v) is 6.40. The summed E-state index contributed by atoms with van der Waals surface area (Å²) in [4.78, 5) is 16.5. The minimum atomic E-state index is -0.706. The Morgan fingerprint density at radius 3 is 2.60 bits per heavy atom. The number of nitrogens with zero attached hydrogens (tertiary/aromatic N) is 1. The van der Waals surface area contributed by atoms with E-state index in [-0.39, 0.29) is 5.91 Å². The lowest BCUT2D eigenvalue weighted by atomic mass is 9.83. The second-order valence-electron chi connectivity index (χ2n) is 5.02. The molecule has 1 N–H and O–H groups in total. The van der Waals surface area contributed by atoms with Crippen molar-refractivity contribution in [1.29, 1.82) is 0 Å². The van der Waals surface area contributed by atoms with Crippen molar-refractivity contribution in [2.45, 2.75) is 19.3 Å². The molecular weight excluding hydrogens is 252 g/mol. The first-order chi connectivity index (χ1) is 9.55. The van der Waals surface area contributed by atoms with Gasteiger partial charge in [0.05, 0.1) is 24.4 Å². The van der Waals surface area contributed by atoms with Gasteiger partial charge in [0.25, 0.3) is 0 Å². The molecule has 1 heterocycles. The summed E-state index contributed by atoms with van der Waals surface area (Å²) in [5.41, 5.74) is 0.826. The predicted octanol–water partition coefficient (Wildman–Crippen LogP) is 3.01. The van der Waals surface area contributed by atoms with Crippen molar-refractivity contribution >= 4 is 11.6 Å². The van der Waals surface area contributed by atoms with E-state index in [9.17, 15) is 4.79 Å². The predicted molar refractivity (Wildman–Crippen MR) is 78.9 cm³/mol. The molecule has 0 aliphatic carbocycles. The number of carbonyl (C=O) groups is 1. The third kappa shape index (κ3) is 2.79. The summed E-state index contributed by atoms with van der Waals surface area (Å²) in [7, 11) is 1.61. The maximum Gasteiger partial charge on any atom is 0.234 e. The molecule has 4 heteroatoms. The van der Waals surface area contributed by atoms with Crippen LogP contribution in [0.2, 0.25) is 0 Å². The van der Waals surface area contributed by atoms with E-state index in [0.717, 1.165) is 5.56 Å². The van der Waals surface area contributed by atoms with Crippen LogP contribution in [-0.2, 0) is 10.2 Å². The summed E-state index contributed by atoms with van der Waals surface area (Å²) in [6.07, 6.45) is 3.29. The van der Waals surface area contributed by atoms with Gasteiger partial charge in [-0.1, -0.05) is 18.2 Å². The average Bonchev–Trinajstić information content (AvgIpc) is 2.48. The smallest absolute Gasteiger partial charge is 0.234 e. The van der Waals surface area contributed by atoms with E-state index in [1.54, 1.807) is 25.6 Å². The second-order valence-corrected chi connectivity index (χ2v) is 5.02. The Labute approximate surface area is 118 Å². The van der Waals surface area contributed by atoms with Gasteiger partial charge in [-0.3, -0.25) is 9.78 Å². The molecule has 0 saturated heterocycles. The first kappa shape index (κ1) is 14.1. The summed E-state index contributed by atoms with van der Waals surface area (Å²) in [6, 6.07) is 11.1. The molecule has 4 nitrogen and oxygen atoms in total. The number of carbonyl (C=O) groups excluding carboxylic acids is 1. The van der Waals surface area contributed by atoms with E-state index in [1.165, 1.54) is 0 Å². The van der Waals surface area contributed by atoms with Crippen LogP contribution in [0, 0.1) is 0 Å². The van der Waals surface area contributed by atoms with Crippen LogP contribution >= 0.6 is 0 Å². The number of aromatic nitrogens is 1. The molecule has 104 valence electrons. The zero-order chi connectivity index (χ0) is 14.6. The summed E-state index contributed by atoms with van der Waals surface area (Å²) in [6.45, 7) is 3.74. The Morgan fingerprint density at radius 1 is 1.20 bits per heavy atom. The standard InChI is InChI=1S/C16H18N2O2/c1-16(2,13-8-4-5-9-14(13)20-3)15(19)18-12-7-6-10-17-11-12/h4-11H,1-3H3,(H,18,19). The number of ether oxygens (including phenoxy) is 1. The molecule has 1 amide bonds. The van der Waals surface area contributed by atoms with Crippen molar-refractivity contribution < 1.29 is 9.53 Å². The van der Waals surface area contributed by atoms with Gasteiger partial charge in [0, 0.05) is 11.8 Å². The third-order valence-corrected chi connectivity index (χ3v) is 3.27. The quantitative estimate of drug-likeness (QED) is 0.929. The molecule has 0 radical (unpaired) electrons. The summed E-state index contributed by atoms with van der Waals surface area (Å²) in [5.74, 6) is 0.605. The van der Waals surface area contributed by atoms with E-state index in [2.05, 4.69) is 10.3 Å². The molecule has 0 atom stereocenters. The number of para-hydroxylation sites is 1. The molecule has 0 unspecified atom stereocenters. The van der Waals surface area contributed by atoms with Gasteiger partial charge in [0.2, 0.25) is 5.91 Å². The zero-order valence-electron chi connectivity index (χ0n) is 11.9. The van der Waals surface area contributed by atoms with Crippen LogP contribution in [0.25, 0.3) is 0 Å². The maximum absolute atomic E-state index is 12.5. The number of hydrogen-bond acceptors (Lipinski definition) is 3. The molecule has 2 aromatic rings. The Balaban J connectivity index is 2.27. The summed E-state index contributed by atoms with van der Waals surface area (Å²) < 4.78 is 5.34. The number of benzene rings is 1. The Kier molecular flexibility index (Phi) is 4.03. The number of hydrogen-bond donors (Lipinski definition) is 1. The van der Waals surface area contributed by atoms with Gasteiger partial charge >= 0.3 is 0 Å². The fourth-order valence-corrected chi connectivity index (χ4v) is 2.01. The van der Waals surface area contributed by atoms with E-state index in [1.807, 2.05) is 44.2 Å². The molecule has 20 heavy (non-hydrogen) atoms. The highest BCUT2D eigenvalue weighted by Gasteiger charge is 2.32. The fraction of sp³-hybridized carbons (Fsp3) is 0.250. The van der Waals surface area contributed by atoms with Gasteiger partial charge < -0.3 is 10.1 Å². The highest BCUT2D eigenvalue weighted by atomic mass is 16.5. The maximum atomic E-state index is 12.5. The molecule has 1 aromatic heterocycles. The van der Waals surface area contributed by atoms with E-state index in [0.29, 0.717) is 11.4 Å². The van der Waals surface area contributed by atoms with Gasteiger partial charge in [-0.15, -0.1) is 0 Å². The van der Waals surface area contributed by atoms with Crippen LogP contribution in [-0.4, -0.2) is 18.0 Å². The van der Waals surface area contributed by atoms with E-state index < -0.39 is 5.41 Å². The van der Waals surface area contributed by atoms with Crippen LogP contribution in [0.3, 0.4) is 0 Å². The first-order valence-electron chi connectivity index (χ1n) is 6.40. The molecule has 0 aliphatic heterocycles. The SMILES string of the molecule is COc1ccccc1C(C)(C)C(=O)Nc1cccnc1. The topological polar surface area (TPSA) is 51.2 Å². The van der Waals surface area contributed by atoms with Crippen LogP contribution in [0.5, 0.6) is 5.75 Å². The zero-order valence-corrected chi connectivity index (χ0v) is 11.9. The normalized spacial score (nSPS) is 10.9. The van der Waals surface area contributed by atoms with Gasteiger partial charge in [0.15, 0.2) is 0 Å². The van der Waals surface area contributed by atoms with Gasteiger partial charge in [-0.2, -0.15) is 0 Å². The number of rotatable bonds is 4. The summed E-state index contributed by atoms with van der Waals surface area (Å²) in [5, 5.41) is 2.87. The highest BCUT2D eigenvalue weighted by molar-refractivity contribution is 5.98. The summed E-state index contributed by atoms with van der Waals surface area (Å²) >= 11 is 0. The van der Waals surface area contributed by atoms with Crippen molar-refractivity contribution in [2.24, 2.45) is 0 Å².